The molecule has 3 aromatic rings. The van der Waals surface area contributed by atoms with Crippen LogP contribution in [-0.4, -0.2) is 17.9 Å². The number of rotatable bonds is 5. The minimum atomic E-state index is -0.339. The maximum atomic E-state index is 13.7. The zero-order valence-electron chi connectivity index (χ0n) is 13.1. The van der Waals surface area contributed by atoms with Crippen LogP contribution in [0.15, 0.2) is 63.7 Å². The second-order valence-corrected chi connectivity index (χ2v) is 6.12. The van der Waals surface area contributed by atoms with Crippen molar-refractivity contribution in [3.8, 4) is 11.3 Å². The second kappa shape index (κ2) is 7.27. The summed E-state index contributed by atoms with van der Waals surface area (Å²) in [6.07, 6.45) is 3.05. The van der Waals surface area contributed by atoms with Gasteiger partial charge < -0.3 is 9.32 Å². The fourth-order valence-electron chi connectivity index (χ4n) is 2.26. The van der Waals surface area contributed by atoms with Crippen molar-refractivity contribution in [3.63, 3.8) is 0 Å². The predicted octanol–water partition coefficient (Wildman–Crippen LogP) is 4.82. The fraction of sp³-hybridized carbons (Fsp3) is 0.105. The van der Waals surface area contributed by atoms with Crippen LogP contribution in [-0.2, 0) is 11.3 Å². The Bertz CT molecular complexity index is 852. The van der Waals surface area contributed by atoms with Crippen molar-refractivity contribution in [1.82, 2.24) is 4.90 Å². The van der Waals surface area contributed by atoms with Gasteiger partial charge >= 0.3 is 0 Å². The highest BCUT2D eigenvalue weighted by atomic mass is 32.1. The number of hydrogen-bond acceptors (Lipinski definition) is 3. The van der Waals surface area contributed by atoms with E-state index >= 15 is 0 Å². The first-order chi connectivity index (χ1) is 11.6. The van der Waals surface area contributed by atoms with Crippen LogP contribution < -0.4 is 0 Å². The van der Waals surface area contributed by atoms with Crippen molar-refractivity contribution < 1.29 is 13.6 Å². The van der Waals surface area contributed by atoms with Gasteiger partial charge in [-0.15, -0.1) is 0 Å². The molecule has 0 atom stereocenters. The Morgan fingerprint density at radius 1 is 1.25 bits per heavy atom. The summed E-state index contributed by atoms with van der Waals surface area (Å²) in [5.41, 5.74) is 1.50. The third-order valence-corrected chi connectivity index (χ3v) is 4.26. The summed E-state index contributed by atoms with van der Waals surface area (Å²) < 4.78 is 19.3. The topological polar surface area (TPSA) is 33.5 Å². The number of carbonyl (C=O) groups is 1. The summed E-state index contributed by atoms with van der Waals surface area (Å²) in [5.74, 6) is 0.483. The molecule has 3 nitrogen and oxygen atoms in total. The van der Waals surface area contributed by atoms with E-state index < -0.39 is 0 Å². The van der Waals surface area contributed by atoms with E-state index in [0.717, 1.165) is 5.56 Å². The van der Waals surface area contributed by atoms with Crippen LogP contribution in [0.25, 0.3) is 17.4 Å². The number of furan rings is 1. The predicted molar refractivity (Wildman–Crippen MR) is 93.9 cm³/mol. The first-order valence-electron chi connectivity index (χ1n) is 7.42. The molecule has 1 amide bonds. The molecule has 0 saturated heterocycles. The highest BCUT2D eigenvalue weighted by Crippen LogP contribution is 2.25. The van der Waals surface area contributed by atoms with E-state index in [9.17, 15) is 9.18 Å². The quantitative estimate of drug-likeness (QED) is 0.624. The summed E-state index contributed by atoms with van der Waals surface area (Å²) >= 11 is 1.60. The molecule has 1 aromatic carbocycles. The zero-order chi connectivity index (χ0) is 16.9. The average Bonchev–Trinajstić information content (AvgIpc) is 3.24. The molecule has 5 heteroatoms. The minimum absolute atomic E-state index is 0.120. The molecule has 0 aliphatic carbocycles. The van der Waals surface area contributed by atoms with Gasteiger partial charge in [0.2, 0.25) is 5.91 Å². The van der Waals surface area contributed by atoms with Crippen molar-refractivity contribution in [1.29, 1.82) is 0 Å². The molecule has 0 aliphatic rings. The maximum absolute atomic E-state index is 13.7. The van der Waals surface area contributed by atoms with Crippen molar-refractivity contribution in [3.05, 3.63) is 76.4 Å². The highest BCUT2D eigenvalue weighted by molar-refractivity contribution is 7.07. The third-order valence-electron chi connectivity index (χ3n) is 3.53. The molecule has 24 heavy (non-hydrogen) atoms. The lowest BCUT2D eigenvalue weighted by Crippen LogP contribution is -2.23. The maximum Gasteiger partial charge on any atom is 0.246 e. The molecule has 0 radical (unpaired) electrons. The van der Waals surface area contributed by atoms with Crippen LogP contribution in [0.2, 0.25) is 0 Å². The van der Waals surface area contributed by atoms with Gasteiger partial charge in [-0.25, -0.2) is 4.39 Å². The SMILES string of the molecule is CN(Cc1ccsc1)C(=O)/C=C/c1ccc(-c2ccccc2F)o1. The Kier molecular flexibility index (Phi) is 4.91. The number of likely N-dealkylation sites (N-methyl/N-ethyl adjacent to an activating group) is 1. The lowest BCUT2D eigenvalue weighted by Gasteiger charge is -2.13. The molecule has 0 aliphatic heterocycles. The number of benzene rings is 1. The number of hydrogen-bond donors (Lipinski definition) is 0. The lowest BCUT2D eigenvalue weighted by molar-refractivity contribution is -0.125. The monoisotopic (exact) mass is 341 g/mol. The number of halogens is 1. The van der Waals surface area contributed by atoms with Gasteiger partial charge in [0.25, 0.3) is 0 Å². The Balaban J connectivity index is 1.67. The highest BCUT2D eigenvalue weighted by Gasteiger charge is 2.09. The molecule has 2 aromatic heterocycles. The van der Waals surface area contributed by atoms with E-state index in [1.165, 1.54) is 12.1 Å². The smallest absolute Gasteiger partial charge is 0.246 e. The fourth-order valence-corrected chi connectivity index (χ4v) is 2.92. The van der Waals surface area contributed by atoms with Crippen LogP contribution in [0, 0.1) is 5.82 Å². The van der Waals surface area contributed by atoms with Crippen molar-refractivity contribution in [2.45, 2.75) is 6.54 Å². The molecule has 3 rings (SSSR count). The number of carbonyl (C=O) groups excluding carboxylic acids is 1. The van der Waals surface area contributed by atoms with E-state index in [0.29, 0.717) is 23.6 Å². The van der Waals surface area contributed by atoms with Crippen LogP contribution in [0.3, 0.4) is 0 Å². The van der Waals surface area contributed by atoms with Gasteiger partial charge in [-0.1, -0.05) is 12.1 Å². The number of amides is 1. The molecule has 0 fully saturated rings. The Hall–Kier alpha value is -2.66. The normalized spacial score (nSPS) is 11.1. The van der Waals surface area contributed by atoms with Gasteiger partial charge in [0, 0.05) is 19.7 Å². The van der Waals surface area contributed by atoms with Crippen LogP contribution >= 0.6 is 11.3 Å². The molecule has 0 saturated carbocycles. The third kappa shape index (κ3) is 3.81. The summed E-state index contributed by atoms with van der Waals surface area (Å²) in [6, 6.07) is 11.8. The summed E-state index contributed by atoms with van der Waals surface area (Å²) in [5, 5.41) is 4.00. The molecular weight excluding hydrogens is 325 g/mol. The Morgan fingerprint density at radius 2 is 2.08 bits per heavy atom. The first-order valence-corrected chi connectivity index (χ1v) is 8.37. The minimum Gasteiger partial charge on any atom is -0.457 e. The first kappa shape index (κ1) is 16.2. The van der Waals surface area contributed by atoms with Crippen LogP contribution in [0.1, 0.15) is 11.3 Å². The van der Waals surface area contributed by atoms with Gasteiger partial charge in [-0.2, -0.15) is 11.3 Å². The lowest BCUT2D eigenvalue weighted by atomic mass is 10.1. The van der Waals surface area contributed by atoms with Gasteiger partial charge in [0.1, 0.15) is 17.3 Å². The Morgan fingerprint density at radius 3 is 2.83 bits per heavy atom. The molecule has 0 bridgehead atoms. The second-order valence-electron chi connectivity index (χ2n) is 5.34. The van der Waals surface area contributed by atoms with E-state index in [4.69, 9.17) is 4.42 Å². The van der Waals surface area contributed by atoms with Gasteiger partial charge in [-0.05, 0) is 52.7 Å². The molecule has 0 N–H and O–H groups in total. The van der Waals surface area contributed by atoms with E-state index in [1.54, 1.807) is 59.7 Å². The molecule has 0 unspecified atom stereocenters. The molecule has 122 valence electrons. The largest absolute Gasteiger partial charge is 0.457 e. The zero-order valence-corrected chi connectivity index (χ0v) is 13.9. The summed E-state index contributed by atoms with van der Waals surface area (Å²) in [6.45, 7) is 0.561. The van der Waals surface area contributed by atoms with Crippen LogP contribution in [0.5, 0.6) is 0 Å². The number of nitrogens with zero attached hydrogens (tertiary/aromatic N) is 1. The number of thiophene rings is 1. The van der Waals surface area contributed by atoms with E-state index in [1.807, 2.05) is 16.8 Å². The molecule has 2 heterocycles. The standard InChI is InChI=1S/C19H16FNO2S/c1-21(12-14-10-11-24-13-14)19(22)9-7-15-6-8-18(23-15)16-4-2-3-5-17(16)20/h2-11,13H,12H2,1H3/b9-7+. The van der Waals surface area contributed by atoms with Gasteiger partial charge in [0.15, 0.2) is 0 Å². The van der Waals surface area contributed by atoms with Crippen LogP contribution in [0.4, 0.5) is 4.39 Å². The van der Waals surface area contributed by atoms with Crippen molar-refractivity contribution in [2.75, 3.05) is 7.05 Å². The van der Waals surface area contributed by atoms with E-state index in [2.05, 4.69) is 0 Å². The van der Waals surface area contributed by atoms with Crippen molar-refractivity contribution >= 4 is 23.3 Å². The average molecular weight is 341 g/mol. The van der Waals surface area contributed by atoms with E-state index in [-0.39, 0.29) is 11.7 Å². The van der Waals surface area contributed by atoms with Crippen molar-refractivity contribution in [2.24, 2.45) is 0 Å². The Labute approximate surface area is 143 Å². The van der Waals surface area contributed by atoms with Gasteiger partial charge in [0.05, 0.1) is 5.56 Å². The molecular formula is C19H16FNO2S. The summed E-state index contributed by atoms with van der Waals surface area (Å²) in [4.78, 5) is 13.7. The molecule has 0 spiro atoms. The summed E-state index contributed by atoms with van der Waals surface area (Å²) in [7, 11) is 1.75. The van der Waals surface area contributed by atoms with Gasteiger partial charge in [-0.3, -0.25) is 4.79 Å².